The van der Waals surface area contributed by atoms with E-state index in [1.165, 1.54) is 6.07 Å². The third kappa shape index (κ3) is 6.69. The minimum absolute atomic E-state index is 0. The molecular formula is C22H28FIN4O. The van der Waals surface area contributed by atoms with Gasteiger partial charge in [-0.1, -0.05) is 30.7 Å². The van der Waals surface area contributed by atoms with Crippen LogP contribution in [-0.2, 0) is 17.9 Å². The average Bonchev–Trinajstić information content (AvgIpc) is 2.63. The molecule has 0 aromatic heterocycles. The van der Waals surface area contributed by atoms with Gasteiger partial charge in [-0.15, -0.1) is 24.0 Å². The number of nitrogens with zero attached hydrogens (tertiary/aromatic N) is 1. The molecule has 7 heteroatoms. The Morgan fingerprint density at radius 1 is 1.10 bits per heavy atom. The monoisotopic (exact) mass is 510 g/mol. The van der Waals surface area contributed by atoms with E-state index in [0.717, 1.165) is 36.1 Å². The summed E-state index contributed by atoms with van der Waals surface area (Å²) in [6, 6.07) is 13.0. The minimum atomic E-state index is -0.206. The van der Waals surface area contributed by atoms with Crippen LogP contribution in [-0.4, -0.2) is 18.9 Å². The maximum Gasteiger partial charge on any atom is 0.227 e. The number of carbonyl (C=O) groups is 1. The molecular weight excluding hydrogens is 482 g/mol. The van der Waals surface area contributed by atoms with E-state index in [2.05, 4.69) is 20.9 Å². The van der Waals surface area contributed by atoms with Gasteiger partial charge in [0.1, 0.15) is 5.82 Å². The summed E-state index contributed by atoms with van der Waals surface area (Å²) in [5, 5.41) is 9.42. The molecule has 3 N–H and O–H groups in total. The first-order chi connectivity index (χ1) is 13.5. The first kappa shape index (κ1) is 23.1. The lowest BCUT2D eigenvalue weighted by Crippen LogP contribution is -2.36. The van der Waals surface area contributed by atoms with Gasteiger partial charge < -0.3 is 16.0 Å². The highest BCUT2D eigenvalue weighted by atomic mass is 127. The number of nitrogens with one attached hydrogen (secondary N) is 3. The molecule has 2 aromatic carbocycles. The van der Waals surface area contributed by atoms with Crippen molar-refractivity contribution in [2.24, 2.45) is 10.9 Å². The molecule has 0 aliphatic heterocycles. The Labute approximate surface area is 188 Å². The van der Waals surface area contributed by atoms with E-state index in [1.807, 2.05) is 30.3 Å². The van der Waals surface area contributed by atoms with Crippen LogP contribution in [0, 0.1) is 18.7 Å². The maximum atomic E-state index is 13.7. The van der Waals surface area contributed by atoms with E-state index >= 15 is 0 Å². The highest BCUT2D eigenvalue weighted by Crippen LogP contribution is 2.27. The molecule has 1 fully saturated rings. The number of hydrogen-bond acceptors (Lipinski definition) is 2. The Morgan fingerprint density at radius 2 is 1.79 bits per heavy atom. The van der Waals surface area contributed by atoms with E-state index in [4.69, 9.17) is 0 Å². The zero-order valence-electron chi connectivity index (χ0n) is 16.8. The molecule has 3 rings (SSSR count). The van der Waals surface area contributed by atoms with Crippen molar-refractivity contribution < 1.29 is 9.18 Å². The third-order valence-corrected chi connectivity index (χ3v) is 5.05. The van der Waals surface area contributed by atoms with Gasteiger partial charge in [0, 0.05) is 31.7 Å². The molecule has 0 unspecified atom stereocenters. The third-order valence-electron chi connectivity index (χ3n) is 5.05. The van der Waals surface area contributed by atoms with Crippen LogP contribution in [0.15, 0.2) is 47.5 Å². The van der Waals surface area contributed by atoms with E-state index < -0.39 is 0 Å². The normalized spacial score (nSPS) is 13.8. The Morgan fingerprint density at radius 3 is 2.38 bits per heavy atom. The van der Waals surface area contributed by atoms with E-state index in [1.54, 1.807) is 20.0 Å². The van der Waals surface area contributed by atoms with Crippen LogP contribution < -0.4 is 16.0 Å². The Bertz CT molecular complexity index is 868. The fourth-order valence-corrected chi connectivity index (χ4v) is 3.01. The number of carbonyl (C=O) groups excluding carboxylic acids is 1. The Kier molecular flexibility index (Phi) is 8.88. The first-order valence-corrected chi connectivity index (χ1v) is 9.64. The zero-order chi connectivity index (χ0) is 19.9. The summed E-state index contributed by atoms with van der Waals surface area (Å²) in [6.45, 7) is 2.79. The number of aryl methyl sites for hydroxylation is 1. The summed E-state index contributed by atoms with van der Waals surface area (Å²) in [5.74, 6) is 0.698. The molecule has 0 spiro atoms. The minimum Gasteiger partial charge on any atom is -0.352 e. The number of amides is 1. The number of hydrogen-bond donors (Lipinski definition) is 3. The summed E-state index contributed by atoms with van der Waals surface area (Å²) in [4.78, 5) is 16.3. The lowest BCUT2D eigenvalue weighted by atomic mass is 9.85. The second-order valence-electron chi connectivity index (χ2n) is 7.18. The highest BCUT2D eigenvalue weighted by Gasteiger charge is 2.25. The molecule has 0 saturated heterocycles. The van der Waals surface area contributed by atoms with Gasteiger partial charge in [-0.05, 0) is 54.7 Å². The van der Waals surface area contributed by atoms with E-state index in [0.29, 0.717) is 24.6 Å². The van der Waals surface area contributed by atoms with Gasteiger partial charge in [0.15, 0.2) is 5.96 Å². The molecule has 1 aliphatic rings. The fraction of sp³-hybridized carbons (Fsp3) is 0.364. The van der Waals surface area contributed by atoms with Gasteiger partial charge in [-0.25, -0.2) is 4.39 Å². The molecule has 0 radical (unpaired) electrons. The summed E-state index contributed by atoms with van der Waals surface area (Å²) in [5.41, 5.74) is 3.34. The van der Waals surface area contributed by atoms with Crippen LogP contribution in [0.3, 0.4) is 0 Å². The molecule has 1 saturated carbocycles. The molecule has 5 nitrogen and oxygen atoms in total. The number of benzene rings is 2. The molecule has 0 heterocycles. The second-order valence-corrected chi connectivity index (χ2v) is 7.18. The quantitative estimate of drug-likeness (QED) is 0.308. The van der Waals surface area contributed by atoms with Crippen LogP contribution >= 0.6 is 24.0 Å². The predicted molar refractivity (Wildman–Crippen MR) is 126 cm³/mol. The van der Waals surface area contributed by atoms with Crippen molar-refractivity contribution >= 4 is 41.5 Å². The predicted octanol–water partition coefficient (Wildman–Crippen LogP) is 4.36. The molecule has 0 bridgehead atoms. The molecule has 1 amide bonds. The van der Waals surface area contributed by atoms with Crippen molar-refractivity contribution in [2.45, 2.75) is 39.3 Å². The molecule has 29 heavy (non-hydrogen) atoms. The number of halogens is 2. The molecule has 1 aliphatic carbocycles. The summed E-state index contributed by atoms with van der Waals surface area (Å²) in [6.07, 6.45) is 3.11. The Hall–Kier alpha value is -2.16. The summed E-state index contributed by atoms with van der Waals surface area (Å²) < 4.78 is 13.7. The van der Waals surface area contributed by atoms with E-state index in [9.17, 15) is 9.18 Å². The number of rotatable bonds is 6. The number of aliphatic imine (C=N–C) groups is 1. The lowest BCUT2D eigenvalue weighted by molar-refractivity contribution is -0.122. The van der Waals surface area contributed by atoms with Crippen molar-refractivity contribution in [1.29, 1.82) is 0 Å². The van der Waals surface area contributed by atoms with Gasteiger partial charge in [0.25, 0.3) is 0 Å². The largest absolute Gasteiger partial charge is 0.352 e. The van der Waals surface area contributed by atoms with E-state index in [-0.39, 0.29) is 41.6 Å². The van der Waals surface area contributed by atoms with Crippen LogP contribution in [0.1, 0.15) is 36.0 Å². The second kappa shape index (κ2) is 11.1. The number of guanidine groups is 1. The zero-order valence-corrected chi connectivity index (χ0v) is 19.1. The van der Waals surface area contributed by atoms with Gasteiger partial charge in [-0.2, -0.15) is 0 Å². The van der Waals surface area contributed by atoms with Crippen LogP contribution in [0.2, 0.25) is 0 Å². The maximum absolute atomic E-state index is 13.7. The van der Waals surface area contributed by atoms with Crippen LogP contribution in [0.5, 0.6) is 0 Å². The lowest BCUT2D eigenvalue weighted by Gasteiger charge is -2.24. The standard InChI is InChI=1S/C22H27FN4O.HI/c1-15-9-10-17(12-20(15)23)14-26-22(24-2)25-13-16-5-3-8-19(11-16)27-21(28)18-6-4-7-18;/h3,5,8-12,18H,4,6-7,13-14H2,1-2H3,(H,27,28)(H2,24,25,26);1H. The average molecular weight is 510 g/mol. The van der Waals surface area contributed by atoms with Crippen molar-refractivity contribution in [2.75, 3.05) is 12.4 Å². The van der Waals surface area contributed by atoms with Gasteiger partial charge >= 0.3 is 0 Å². The highest BCUT2D eigenvalue weighted by molar-refractivity contribution is 14.0. The smallest absolute Gasteiger partial charge is 0.227 e. The van der Waals surface area contributed by atoms with Gasteiger partial charge in [0.05, 0.1) is 0 Å². The van der Waals surface area contributed by atoms with Crippen molar-refractivity contribution in [3.05, 3.63) is 65.0 Å². The first-order valence-electron chi connectivity index (χ1n) is 9.64. The van der Waals surface area contributed by atoms with Crippen LogP contribution in [0.4, 0.5) is 10.1 Å². The number of anilines is 1. The fourth-order valence-electron chi connectivity index (χ4n) is 3.01. The molecule has 156 valence electrons. The van der Waals surface area contributed by atoms with Crippen molar-refractivity contribution in [1.82, 2.24) is 10.6 Å². The summed E-state index contributed by atoms with van der Waals surface area (Å²) >= 11 is 0. The van der Waals surface area contributed by atoms with Gasteiger partial charge in [0.2, 0.25) is 5.91 Å². The SMILES string of the molecule is CN=C(NCc1cccc(NC(=O)C2CCC2)c1)NCc1ccc(C)c(F)c1.I. The topological polar surface area (TPSA) is 65.5 Å². The van der Waals surface area contributed by atoms with Gasteiger partial charge in [-0.3, -0.25) is 9.79 Å². The van der Waals surface area contributed by atoms with Crippen molar-refractivity contribution in [3.8, 4) is 0 Å². The molecule has 2 aromatic rings. The Balaban J connectivity index is 0.00000300. The van der Waals surface area contributed by atoms with Crippen molar-refractivity contribution in [3.63, 3.8) is 0 Å². The summed E-state index contributed by atoms with van der Waals surface area (Å²) in [7, 11) is 1.69. The van der Waals surface area contributed by atoms with Crippen LogP contribution in [0.25, 0.3) is 0 Å². The molecule has 0 atom stereocenters.